The van der Waals surface area contributed by atoms with Gasteiger partial charge in [0.25, 0.3) is 0 Å². The monoisotopic (exact) mass is 271 g/mol. The number of anilines is 1. The first-order valence-electron chi connectivity index (χ1n) is 6.86. The van der Waals surface area contributed by atoms with Gasteiger partial charge < -0.3 is 10.2 Å². The Hall–Kier alpha value is -2.01. The SMILES string of the molecule is CCN(Cc1cccc(C)n1)c1ncc(CNC)cn1. The second kappa shape index (κ2) is 6.96. The molecular weight excluding hydrogens is 250 g/mol. The molecule has 0 aliphatic carbocycles. The van der Waals surface area contributed by atoms with Crippen molar-refractivity contribution in [3.63, 3.8) is 0 Å². The molecule has 5 heteroatoms. The summed E-state index contributed by atoms with van der Waals surface area (Å²) in [6.07, 6.45) is 3.73. The van der Waals surface area contributed by atoms with Gasteiger partial charge in [-0.05, 0) is 33.0 Å². The third kappa shape index (κ3) is 3.74. The second-order valence-corrected chi connectivity index (χ2v) is 4.71. The van der Waals surface area contributed by atoms with Crippen molar-refractivity contribution in [2.45, 2.75) is 26.9 Å². The van der Waals surface area contributed by atoms with Crippen LogP contribution in [0.3, 0.4) is 0 Å². The summed E-state index contributed by atoms with van der Waals surface area (Å²) in [5.74, 6) is 0.746. The van der Waals surface area contributed by atoms with Crippen molar-refractivity contribution >= 4 is 5.95 Å². The van der Waals surface area contributed by atoms with Crippen molar-refractivity contribution in [2.24, 2.45) is 0 Å². The lowest BCUT2D eigenvalue weighted by molar-refractivity contribution is 0.760. The molecule has 0 saturated carbocycles. The lowest BCUT2D eigenvalue weighted by Crippen LogP contribution is -2.25. The third-order valence-corrected chi connectivity index (χ3v) is 3.04. The fraction of sp³-hybridized carbons (Fsp3) is 0.400. The van der Waals surface area contributed by atoms with Crippen LogP contribution in [0.15, 0.2) is 30.6 Å². The lowest BCUT2D eigenvalue weighted by atomic mass is 10.3. The molecule has 0 aliphatic rings. The van der Waals surface area contributed by atoms with Gasteiger partial charge in [-0.25, -0.2) is 9.97 Å². The van der Waals surface area contributed by atoms with E-state index in [0.29, 0.717) is 0 Å². The molecule has 0 spiro atoms. The van der Waals surface area contributed by atoms with E-state index in [2.05, 4.69) is 32.1 Å². The van der Waals surface area contributed by atoms with Gasteiger partial charge in [-0.1, -0.05) is 6.07 Å². The van der Waals surface area contributed by atoms with Crippen molar-refractivity contribution in [1.29, 1.82) is 0 Å². The molecule has 0 fully saturated rings. The maximum atomic E-state index is 4.53. The van der Waals surface area contributed by atoms with Crippen molar-refractivity contribution in [2.75, 3.05) is 18.5 Å². The maximum Gasteiger partial charge on any atom is 0.225 e. The summed E-state index contributed by atoms with van der Waals surface area (Å²) < 4.78 is 0. The van der Waals surface area contributed by atoms with Crippen LogP contribution in [0.5, 0.6) is 0 Å². The summed E-state index contributed by atoms with van der Waals surface area (Å²) >= 11 is 0. The van der Waals surface area contributed by atoms with Gasteiger partial charge in [0, 0.05) is 36.7 Å². The summed E-state index contributed by atoms with van der Waals surface area (Å²) in [6.45, 7) is 6.46. The topological polar surface area (TPSA) is 53.9 Å². The van der Waals surface area contributed by atoms with Gasteiger partial charge >= 0.3 is 0 Å². The molecule has 1 N–H and O–H groups in total. The van der Waals surface area contributed by atoms with E-state index in [0.717, 1.165) is 42.5 Å². The molecule has 2 heterocycles. The summed E-state index contributed by atoms with van der Waals surface area (Å²) in [7, 11) is 1.91. The van der Waals surface area contributed by atoms with Crippen LogP contribution < -0.4 is 10.2 Å². The van der Waals surface area contributed by atoms with Crippen LogP contribution in [0.2, 0.25) is 0 Å². The van der Waals surface area contributed by atoms with E-state index in [4.69, 9.17) is 0 Å². The Morgan fingerprint density at radius 2 is 1.95 bits per heavy atom. The van der Waals surface area contributed by atoms with Gasteiger partial charge in [-0.2, -0.15) is 0 Å². The minimum absolute atomic E-state index is 0.726. The molecule has 2 rings (SSSR count). The zero-order valence-electron chi connectivity index (χ0n) is 12.3. The average Bonchev–Trinajstić information content (AvgIpc) is 2.46. The number of aromatic nitrogens is 3. The molecule has 0 unspecified atom stereocenters. The summed E-state index contributed by atoms with van der Waals surface area (Å²) in [5.41, 5.74) is 3.15. The maximum absolute atomic E-state index is 4.53. The van der Waals surface area contributed by atoms with Crippen LogP contribution >= 0.6 is 0 Å². The average molecular weight is 271 g/mol. The molecule has 2 aromatic rings. The Bertz CT molecular complexity index is 538. The van der Waals surface area contributed by atoms with E-state index in [9.17, 15) is 0 Å². The molecule has 20 heavy (non-hydrogen) atoms. The third-order valence-electron chi connectivity index (χ3n) is 3.04. The summed E-state index contributed by atoms with van der Waals surface area (Å²) in [5, 5.41) is 3.09. The van der Waals surface area contributed by atoms with Gasteiger partial charge in [-0.3, -0.25) is 4.98 Å². The van der Waals surface area contributed by atoms with Crippen molar-refractivity contribution in [3.8, 4) is 0 Å². The highest BCUT2D eigenvalue weighted by Gasteiger charge is 2.09. The number of nitrogens with one attached hydrogen (secondary N) is 1. The second-order valence-electron chi connectivity index (χ2n) is 4.71. The molecule has 0 aromatic carbocycles. The van der Waals surface area contributed by atoms with Gasteiger partial charge in [0.1, 0.15) is 0 Å². The van der Waals surface area contributed by atoms with Crippen LogP contribution in [0, 0.1) is 6.92 Å². The molecule has 5 nitrogen and oxygen atoms in total. The predicted octanol–water partition coefficient (Wildman–Crippen LogP) is 1.93. The predicted molar refractivity (Wildman–Crippen MR) is 80.5 cm³/mol. The largest absolute Gasteiger partial charge is 0.335 e. The first kappa shape index (κ1) is 14.4. The molecule has 106 valence electrons. The van der Waals surface area contributed by atoms with E-state index >= 15 is 0 Å². The molecule has 0 saturated heterocycles. The highest BCUT2D eigenvalue weighted by atomic mass is 15.2. The van der Waals surface area contributed by atoms with E-state index < -0.39 is 0 Å². The molecule has 0 atom stereocenters. The minimum atomic E-state index is 0.726. The number of nitrogens with zero attached hydrogens (tertiary/aromatic N) is 4. The van der Waals surface area contributed by atoms with Crippen molar-refractivity contribution < 1.29 is 0 Å². The Morgan fingerprint density at radius 3 is 2.55 bits per heavy atom. The number of aryl methyl sites for hydroxylation is 1. The highest BCUT2D eigenvalue weighted by Crippen LogP contribution is 2.11. The number of pyridine rings is 1. The Balaban J connectivity index is 2.11. The van der Waals surface area contributed by atoms with Gasteiger partial charge in [0.15, 0.2) is 0 Å². The fourth-order valence-electron chi connectivity index (χ4n) is 2.01. The standard InChI is InChI=1S/C15H21N5/c1-4-20(11-14-7-5-6-12(2)19-14)15-17-9-13(8-16-3)10-18-15/h5-7,9-10,16H,4,8,11H2,1-3H3. The van der Waals surface area contributed by atoms with Crippen molar-refractivity contribution in [3.05, 3.63) is 47.5 Å². The van der Waals surface area contributed by atoms with Crippen LogP contribution in [0.25, 0.3) is 0 Å². The Morgan fingerprint density at radius 1 is 1.20 bits per heavy atom. The normalized spacial score (nSPS) is 10.6. The van der Waals surface area contributed by atoms with Crippen LogP contribution in [0.1, 0.15) is 23.9 Å². The molecule has 2 aromatic heterocycles. The highest BCUT2D eigenvalue weighted by molar-refractivity contribution is 5.31. The lowest BCUT2D eigenvalue weighted by Gasteiger charge is -2.20. The number of rotatable bonds is 6. The van der Waals surface area contributed by atoms with Gasteiger partial charge in [-0.15, -0.1) is 0 Å². The molecule has 0 amide bonds. The molecule has 0 bridgehead atoms. The number of hydrogen-bond donors (Lipinski definition) is 1. The summed E-state index contributed by atoms with van der Waals surface area (Å²) in [6, 6.07) is 6.07. The summed E-state index contributed by atoms with van der Waals surface area (Å²) in [4.78, 5) is 15.5. The van der Waals surface area contributed by atoms with Gasteiger partial charge in [0.2, 0.25) is 5.95 Å². The minimum Gasteiger partial charge on any atom is -0.335 e. The Labute approximate surface area is 120 Å². The van der Waals surface area contributed by atoms with E-state index in [-0.39, 0.29) is 0 Å². The first-order chi connectivity index (χ1) is 9.72. The van der Waals surface area contributed by atoms with E-state index in [1.54, 1.807) is 0 Å². The van der Waals surface area contributed by atoms with Crippen molar-refractivity contribution in [1.82, 2.24) is 20.3 Å². The van der Waals surface area contributed by atoms with Crippen LogP contribution in [0.4, 0.5) is 5.95 Å². The van der Waals surface area contributed by atoms with Gasteiger partial charge in [0.05, 0.1) is 12.2 Å². The smallest absolute Gasteiger partial charge is 0.225 e. The van der Waals surface area contributed by atoms with E-state index in [1.165, 1.54) is 0 Å². The van der Waals surface area contributed by atoms with Crippen LogP contribution in [-0.4, -0.2) is 28.5 Å². The molecule has 0 aliphatic heterocycles. The quantitative estimate of drug-likeness (QED) is 0.870. The first-order valence-corrected chi connectivity index (χ1v) is 6.86. The Kier molecular flexibility index (Phi) is 5.01. The van der Waals surface area contributed by atoms with Crippen LogP contribution in [-0.2, 0) is 13.1 Å². The van der Waals surface area contributed by atoms with E-state index in [1.807, 2.05) is 44.6 Å². The fourth-order valence-corrected chi connectivity index (χ4v) is 2.01. The number of hydrogen-bond acceptors (Lipinski definition) is 5. The molecule has 0 radical (unpaired) electrons. The zero-order valence-corrected chi connectivity index (χ0v) is 12.3. The zero-order chi connectivity index (χ0) is 14.4. The molecular formula is C15H21N5.